The Labute approximate surface area is 114 Å². The lowest BCUT2D eigenvalue weighted by molar-refractivity contribution is 0.231. The minimum Gasteiger partial charge on any atom is -0.384 e. The van der Waals surface area contributed by atoms with Gasteiger partial charge < -0.3 is 15.7 Å². The zero-order chi connectivity index (χ0) is 14.3. The van der Waals surface area contributed by atoms with Gasteiger partial charge in [0.15, 0.2) is 0 Å². The number of carbonyl (C=O) groups is 1. The van der Waals surface area contributed by atoms with Crippen molar-refractivity contribution in [2.24, 2.45) is 0 Å². The summed E-state index contributed by atoms with van der Waals surface area (Å²) in [6.07, 6.45) is 0. The maximum Gasteiger partial charge on any atom is 0.315 e. The summed E-state index contributed by atoms with van der Waals surface area (Å²) in [6, 6.07) is 7.35. The molecule has 3 N–H and O–H groups in total. The first-order valence-electron chi connectivity index (χ1n) is 6.15. The number of aliphatic hydroxyl groups excluding tert-OH is 1. The molecule has 1 aromatic rings. The summed E-state index contributed by atoms with van der Waals surface area (Å²) in [4.78, 5) is 11.6. The van der Waals surface area contributed by atoms with Gasteiger partial charge in [0.25, 0.3) is 0 Å². The highest BCUT2D eigenvalue weighted by Gasteiger charge is 2.12. The fraction of sp³-hybridized carbons (Fsp3) is 0.400. The van der Waals surface area contributed by atoms with E-state index in [2.05, 4.69) is 22.5 Å². The molecular weight excluding hydrogens is 240 g/mol. The van der Waals surface area contributed by atoms with Crippen LogP contribution in [0.3, 0.4) is 0 Å². The number of amides is 2. The predicted octanol–water partition coefficient (Wildman–Crippen LogP) is 1.63. The van der Waals surface area contributed by atoms with Crippen LogP contribution in [0.15, 0.2) is 24.3 Å². The summed E-state index contributed by atoms with van der Waals surface area (Å²) >= 11 is 0. The molecule has 0 saturated carbocycles. The highest BCUT2D eigenvalue weighted by molar-refractivity contribution is 5.74. The molecule has 4 heteroatoms. The monoisotopic (exact) mass is 260 g/mol. The maximum absolute atomic E-state index is 11.6. The fourth-order valence-corrected chi connectivity index (χ4v) is 1.47. The molecule has 4 nitrogen and oxygen atoms in total. The van der Waals surface area contributed by atoms with E-state index in [1.54, 1.807) is 0 Å². The van der Waals surface area contributed by atoms with E-state index < -0.39 is 0 Å². The van der Waals surface area contributed by atoms with Gasteiger partial charge in [-0.05, 0) is 38.5 Å². The van der Waals surface area contributed by atoms with E-state index in [9.17, 15) is 4.79 Å². The molecule has 0 saturated heterocycles. The van der Waals surface area contributed by atoms with Gasteiger partial charge in [-0.2, -0.15) is 0 Å². The van der Waals surface area contributed by atoms with E-state index in [1.807, 2.05) is 45.0 Å². The van der Waals surface area contributed by atoms with Crippen LogP contribution in [0.25, 0.3) is 0 Å². The zero-order valence-electron chi connectivity index (χ0n) is 11.6. The topological polar surface area (TPSA) is 61.4 Å². The average Bonchev–Trinajstić information content (AvgIpc) is 2.32. The van der Waals surface area contributed by atoms with Crippen molar-refractivity contribution < 1.29 is 9.90 Å². The van der Waals surface area contributed by atoms with E-state index in [4.69, 9.17) is 5.11 Å². The second-order valence-electron chi connectivity index (χ2n) is 5.22. The number of carbonyl (C=O) groups excluding carboxylic acids is 1. The Balaban J connectivity index is 2.56. The Kier molecular flexibility index (Phi) is 5.40. The third-order valence-corrected chi connectivity index (χ3v) is 2.18. The number of nitrogens with one attached hydrogen (secondary N) is 2. The second kappa shape index (κ2) is 6.81. The fourth-order valence-electron chi connectivity index (χ4n) is 1.47. The molecule has 1 aromatic carbocycles. The minimum atomic E-state index is -0.251. The maximum atomic E-state index is 11.6. The highest BCUT2D eigenvalue weighted by atomic mass is 16.2. The molecule has 19 heavy (non-hydrogen) atoms. The van der Waals surface area contributed by atoms with Crippen molar-refractivity contribution in [2.45, 2.75) is 32.9 Å². The van der Waals surface area contributed by atoms with Crippen LogP contribution in [0.5, 0.6) is 0 Å². The summed E-state index contributed by atoms with van der Waals surface area (Å²) in [5, 5.41) is 14.3. The molecule has 0 atom stereocenters. The van der Waals surface area contributed by atoms with E-state index >= 15 is 0 Å². The molecule has 0 aliphatic rings. The molecule has 0 fully saturated rings. The molecule has 2 amide bonds. The molecule has 0 unspecified atom stereocenters. The molecule has 0 aliphatic carbocycles. The molecule has 102 valence electrons. The Hall–Kier alpha value is -1.99. The number of aliphatic hydroxyl groups is 1. The molecule has 0 aliphatic heterocycles. The molecule has 1 rings (SSSR count). The van der Waals surface area contributed by atoms with Gasteiger partial charge in [-0.25, -0.2) is 4.79 Å². The van der Waals surface area contributed by atoms with E-state index in [-0.39, 0.29) is 18.2 Å². The van der Waals surface area contributed by atoms with Crippen molar-refractivity contribution in [3.05, 3.63) is 35.4 Å². The van der Waals surface area contributed by atoms with Crippen molar-refractivity contribution >= 4 is 6.03 Å². The Morgan fingerprint density at radius 1 is 1.37 bits per heavy atom. The molecule has 0 bridgehead atoms. The minimum absolute atomic E-state index is 0.156. The van der Waals surface area contributed by atoms with Crippen molar-refractivity contribution in [1.82, 2.24) is 10.6 Å². The molecule has 0 radical (unpaired) electrons. The molecule has 0 heterocycles. The Morgan fingerprint density at radius 2 is 2.11 bits per heavy atom. The SMILES string of the molecule is CC(C)(C)NC(=O)NCc1cccc(C#CCO)c1. The van der Waals surface area contributed by atoms with Crippen LogP contribution in [0, 0.1) is 11.8 Å². The second-order valence-corrected chi connectivity index (χ2v) is 5.22. The summed E-state index contributed by atoms with van der Waals surface area (Å²) < 4.78 is 0. The van der Waals surface area contributed by atoms with Gasteiger partial charge in [-0.15, -0.1) is 0 Å². The Morgan fingerprint density at radius 3 is 2.74 bits per heavy atom. The number of urea groups is 1. The first-order chi connectivity index (χ1) is 8.90. The van der Waals surface area contributed by atoms with Crippen LogP contribution in [0.2, 0.25) is 0 Å². The van der Waals surface area contributed by atoms with Gasteiger partial charge in [0.05, 0.1) is 0 Å². The molecule has 0 aromatic heterocycles. The van der Waals surface area contributed by atoms with Crippen LogP contribution < -0.4 is 10.6 Å². The molecular formula is C15H20N2O2. The number of hydrogen-bond donors (Lipinski definition) is 3. The van der Waals surface area contributed by atoms with E-state index in [0.717, 1.165) is 11.1 Å². The largest absolute Gasteiger partial charge is 0.384 e. The standard InChI is InChI=1S/C15H20N2O2/c1-15(2,3)17-14(19)16-11-13-7-4-6-12(10-13)8-5-9-18/h4,6-7,10,18H,9,11H2,1-3H3,(H2,16,17,19). The third-order valence-electron chi connectivity index (χ3n) is 2.18. The van der Waals surface area contributed by atoms with Crippen LogP contribution >= 0.6 is 0 Å². The number of rotatable bonds is 2. The van der Waals surface area contributed by atoms with Gasteiger partial charge in [0.2, 0.25) is 0 Å². The van der Waals surface area contributed by atoms with Crippen LogP contribution in [-0.4, -0.2) is 23.3 Å². The van der Waals surface area contributed by atoms with Crippen molar-refractivity contribution in [3.8, 4) is 11.8 Å². The first-order valence-corrected chi connectivity index (χ1v) is 6.15. The van der Waals surface area contributed by atoms with Gasteiger partial charge in [-0.3, -0.25) is 0 Å². The normalized spacial score (nSPS) is 10.3. The lowest BCUT2D eigenvalue weighted by Gasteiger charge is -2.20. The summed E-state index contributed by atoms with van der Waals surface area (Å²) in [7, 11) is 0. The van der Waals surface area contributed by atoms with Gasteiger partial charge >= 0.3 is 6.03 Å². The summed E-state index contributed by atoms with van der Waals surface area (Å²) in [6.45, 7) is 6.07. The van der Waals surface area contributed by atoms with Crippen molar-refractivity contribution in [3.63, 3.8) is 0 Å². The highest BCUT2D eigenvalue weighted by Crippen LogP contribution is 2.04. The zero-order valence-corrected chi connectivity index (χ0v) is 11.6. The third kappa shape index (κ3) is 6.49. The van der Waals surface area contributed by atoms with Gasteiger partial charge in [0, 0.05) is 17.6 Å². The summed E-state index contributed by atoms with van der Waals surface area (Å²) in [5.74, 6) is 5.43. The van der Waals surface area contributed by atoms with E-state index in [1.165, 1.54) is 0 Å². The lowest BCUT2D eigenvalue weighted by atomic mass is 10.1. The lowest BCUT2D eigenvalue weighted by Crippen LogP contribution is -2.46. The molecule has 0 spiro atoms. The van der Waals surface area contributed by atoms with Crippen molar-refractivity contribution in [1.29, 1.82) is 0 Å². The number of benzene rings is 1. The predicted molar refractivity (Wildman–Crippen MR) is 75.5 cm³/mol. The van der Waals surface area contributed by atoms with Gasteiger partial charge in [0.1, 0.15) is 6.61 Å². The van der Waals surface area contributed by atoms with Gasteiger partial charge in [-0.1, -0.05) is 24.0 Å². The quantitative estimate of drug-likeness (QED) is 0.708. The first kappa shape index (κ1) is 15.1. The smallest absolute Gasteiger partial charge is 0.315 e. The van der Waals surface area contributed by atoms with Crippen molar-refractivity contribution in [2.75, 3.05) is 6.61 Å². The number of hydrogen-bond acceptors (Lipinski definition) is 2. The average molecular weight is 260 g/mol. The van der Waals surface area contributed by atoms with Crippen LogP contribution in [-0.2, 0) is 6.54 Å². The van der Waals surface area contributed by atoms with E-state index in [0.29, 0.717) is 6.54 Å². The Bertz CT molecular complexity index is 493. The van der Waals surface area contributed by atoms with Crippen LogP contribution in [0.4, 0.5) is 4.79 Å². The summed E-state index contributed by atoms with van der Waals surface area (Å²) in [5.41, 5.74) is 1.54. The van der Waals surface area contributed by atoms with Crippen LogP contribution in [0.1, 0.15) is 31.9 Å².